The van der Waals surface area contributed by atoms with Crippen molar-refractivity contribution in [2.45, 2.75) is 12.5 Å². The van der Waals surface area contributed by atoms with Crippen molar-refractivity contribution in [1.82, 2.24) is 10.2 Å². The van der Waals surface area contributed by atoms with Crippen molar-refractivity contribution in [3.63, 3.8) is 0 Å². The fraction of sp³-hybridized carbons (Fsp3) is 0.462. The molecule has 0 unspecified atom stereocenters. The highest BCUT2D eigenvalue weighted by atomic mass is 16.3. The third-order valence-electron chi connectivity index (χ3n) is 3.19. The van der Waals surface area contributed by atoms with Gasteiger partial charge in [0, 0.05) is 38.3 Å². The van der Waals surface area contributed by atoms with E-state index in [0.29, 0.717) is 6.42 Å². The summed E-state index contributed by atoms with van der Waals surface area (Å²) in [7, 11) is 0. The second-order valence-corrected chi connectivity index (χ2v) is 4.45. The third kappa shape index (κ3) is 2.92. The van der Waals surface area contributed by atoms with Gasteiger partial charge >= 0.3 is 0 Å². The van der Waals surface area contributed by atoms with Gasteiger partial charge in [0.25, 0.3) is 0 Å². The molecule has 0 aliphatic carbocycles. The Balaban J connectivity index is 2.25. The highest BCUT2D eigenvalue weighted by Crippen LogP contribution is 2.30. The zero-order valence-electron chi connectivity index (χ0n) is 10.1. The van der Waals surface area contributed by atoms with Crippen LogP contribution in [-0.2, 0) is 0 Å². The largest absolute Gasteiger partial charge is 0.508 e. The van der Waals surface area contributed by atoms with E-state index in [2.05, 4.69) is 16.3 Å². The average Bonchev–Trinajstić information content (AvgIpc) is 2.36. The van der Waals surface area contributed by atoms with Gasteiger partial charge in [-0.2, -0.15) is 5.26 Å². The molecule has 1 aliphatic heterocycles. The predicted octanol–water partition coefficient (Wildman–Crippen LogP) is 0.958. The number of aromatic hydroxyl groups is 2. The van der Waals surface area contributed by atoms with E-state index in [-0.39, 0.29) is 17.5 Å². The zero-order valence-corrected chi connectivity index (χ0v) is 10.1. The van der Waals surface area contributed by atoms with E-state index < -0.39 is 0 Å². The minimum absolute atomic E-state index is 0.0306. The molecule has 1 atom stereocenters. The van der Waals surface area contributed by atoms with Crippen molar-refractivity contribution in [1.29, 1.82) is 5.26 Å². The highest BCUT2D eigenvalue weighted by molar-refractivity contribution is 5.38. The number of piperazine rings is 1. The maximum Gasteiger partial charge on any atom is 0.119 e. The lowest BCUT2D eigenvalue weighted by atomic mass is 10.0. The molecule has 5 nitrogen and oxygen atoms in total. The van der Waals surface area contributed by atoms with Crippen LogP contribution < -0.4 is 5.32 Å². The summed E-state index contributed by atoms with van der Waals surface area (Å²) in [5, 5.41) is 31.3. The second kappa shape index (κ2) is 5.71. The summed E-state index contributed by atoms with van der Waals surface area (Å²) < 4.78 is 0. The first-order valence-electron chi connectivity index (χ1n) is 6.05. The zero-order chi connectivity index (χ0) is 13.0. The first kappa shape index (κ1) is 12.7. The summed E-state index contributed by atoms with van der Waals surface area (Å²) in [6, 6.07) is 6.63. The van der Waals surface area contributed by atoms with Crippen LogP contribution in [0.1, 0.15) is 18.0 Å². The SMILES string of the molecule is N#CC[C@H](c1cc(O)cc(O)c1)N1CCNCC1. The lowest BCUT2D eigenvalue weighted by Gasteiger charge is -2.34. The molecule has 0 radical (unpaired) electrons. The number of rotatable bonds is 3. The van der Waals surface area contributed by atoms with Gasteiger partial charge in [-0.05, 0) is 17.7 Å². The van der Waals surface area contributed by atoms with Gasteiger partial charge in [0.05, 0.1) is 12.5 Å². The molecule has 3 N–H and O–H groups in total. The molecule has 1 saturated heterocycles. The van der Waals surface area contributed by atoms with Gasteiger partial charge in [-0.3, -0.25) is 4.90 Å². The second-order valence-electron chi connectivity index (χ2n) is 4.45. The molecule has 0 aromatic heterocycles. The third-order valence-corrected chi connectivity index (χ3v) is 3.19. The molecule has 2 rings (SSSR count). The van der Waals surface area contributed by atoms with E-state index in [4.69, 9.17) is 5.26 Å². The van der Waals surface area contributed by atoms with Crippen molar-refractivity contribution in [2.75, 3.05) is 26.2 Å². The lowest BCUT2D eigenvalue weighted by Crippen LogP contribution is -2.45. The van der Waals surface area contributed by atoms with Crippen LogP contribution in [0.3, 0.4) is 0 Å². The molecule has 1 aromatic rings. The molecule has 1 heterocycles. The molecule has 0 amide bonds. The molecule has 1 fully saturated rings. The van der Waals surface area contributed by atoms with Crippen LogP contribution in [0.25, 0.3) is 0 Å². The summed E-state index contributed by atoms with van der Waals surface area (Å²) >= 11 is 0. The number of hydrogen-bond acceptors (Lipinski definition) is 5. The topological polar surface area (TPSA) is 79.5 Å². The Morgan fingerprint density at radius 1 is 1.22 bits per heavy atom. The summed E-state index contributed by atoms with van der Waals surface area (Å²) in [5.74, 6) is 0.0612. The molecule has 5 heteroatoms. The number of benzene rings is 1. The minimum atomic E-state index is -0.0740. The lowest BCUT2D eigenvalue weighted by molar-refractivity contribution is 0.175. The smallest absolute Gasteiger partial charge is 0.119 e. The Hall–Kier alpha value is -1.77. The van der Waals surface area contributed by atoms with Crippen LogP contribution >= 0.6 is 0 Å². The van der Waals surface area contributed by atoms with E-state index in [9.17, 15) is 10.2 Å². The monoisotopic (exact) mass is 247 g/mol. The Bertz CT molecular complexity index is 430. The fourth-order valence-corrected chi connectivity index (χ4v) is 2.35. The van der Waals surface area contributed by atoms with Gasteiger partial charge in [0.2, 0.25) is 0 Å². The van der Waals surface area contributed by atoms with Crippen molar-refractivity contribution >= 4 is 0 Å². The van der Waals surface area contributed by atoms with Gasteiger partial charge in [0.1, 0.15) is 11.5 Å². The summed E-state index contributed by atoms with van der Waals surface area (Å²) in [5.41, 5.74) is 0.788. The van der Waals surface area contributed by atoms with Crippen molar-refractivity contribution in [3.8, 4) is 17.6 Å². The maximum atomic E-state index is 9.54. The Morgan fingerprint density at radius 3 is 2.39 bits per heavy atom. The van der Waals surface area contributed by atoms with Crippen LogP contribution in [0, 0.1) is 11.3 Å². The maximum absolute atomic E-state index is 9.54. The summed E-state index contributed by atoms with van der Waals surface area (Å²) in [6.45, 7) is 3.52. The minimum Gasteiger partial charge on any atom is -0.508 e. The quantitative estimate of drug-likeness (QED) is 0.741. The van der Waals surface area contributed by atoms with E-state index in [1.54, 1.807) is 12.1 Å². The van der Waals surface area contributed by atoms with E-state index >= 15 is 0 Å². The molecule has 1 aliphatic rings. The Morgan fingerprint density at radius 2 is 1.83 bits per heavy atom. The number of nitrogens with zero attached hydrogens (tertiary/aromatic N) is 2. The number of phenolic OH excluding ortho intramolecular Hbond substituents is 2. The number of hydrogen-bond donors (Lipinski definition) is 3. The summed E-state index contributed by atoms with van der Waals surface area (Å²) in [6.07, 6.45) is 0.350. The Labute approximate surface area is 106 Å². The van der Waals surface area contributed by atoms with Crippen LogP contribution in [0.2, 0.25) is 0 Å². The standard InChI is InChI=1S/C13H17N3O2/c14-2-1-13(16-5-3-15-4-6-16)10-7-11(17)9-12(18)8-10/h7-9,13,15,17-18H,1,3-6H2/t13-/m1/s1. The van der Waals surface area contributed by atoms with Crippen molar-refractivity contribution in [3.05, 3.63) is 23.8 Å². The van der Waals surface area contributed by atoms with Gasteiger partial charge in [-0.1, -0.05) is 0 Å². The summed E-state index contributed by atoms with van der Waals surface area (Å²) in [4.78, 5) is 2.20. The van der Waals surface area contributed by atoms with Crippen molar-refractivity contribution in [2.24, 2.45) is 0 Å². The van der Waals surface area contributed by atoms with Gasteiger partial charge in [-0.25, -0.2) is 0 Å². The molecular weight excluding hydrogens is 230 g/mol. The normalized spacial score (nSPS) is 18.2. The number of nitrogens with one attached hydrogen (secondary N) is 1. The van der Waals surface area contributed by atoms with Crippen LogP contribution in [0.5, 0.6) is 11.5 Å². The van der Waals surface area contributed by atoms with Crippen molar-refractivity contribution < 1.29 is 10.2 Å². The van der Waals surface area contributed by atoms with Crippen LogP contribution in [-0.4, -0.2) is 41.3 Å². The molecule has 0 bridgehead atoms. The molecule has 0 spiro atoms. The average molecular weight is 247 g/mol. The fourth-order valence-electron chi connectivity index (χ4n) is 2.35. The van der Waals surface area contributed by atoms with Gasteiger partial charge in [0.15, 0.2) is 0 Å². The first-order chi connectivity index (χ1) is 8.70. The highest BCUT2D eigenvalue weighted by Gasteiger charge is 2.22. The molecule has 0 saturated carbocycles. The van der Waals surface area contributed by atoms with E-state index in [1.165, 1.54) is 6.07 Å². The van der Waals surface area contributed by atoms with E-state index in [1.807, 2.05) is 0 Å². The Kier molecular flexibility index (Phi) is 4.03. The van der Waals surface area contributed by atoms with Crippen LogP contribution in [0.4, 0.5) is 0 Å². The van der Waals surface area contributed by atoms with Gasteiger partial charge in [-0.15, -0.1) is 0 Å². The molecule has 1 aromatic carbocycles. The number of nitriles is 1. The van der Waals surface area contributed by atoms with Gasteiger partial charge < -0.3 is 15.5 Å². The molecule has 96 valence electrons. The van der Waals surface area contributed by atoms with Crippen LogP contribution in [0.15, 0.2) is 18.2 Å². The van der Waals surface area contributed by atoms with E-state index in [0.717, 1.165) is 31.7 Å². The molecular formula is C13H17N3O2. The predicted molar refractivity (Wildman–Crippen MR) is 67.2 cm³/mol. The number of phenols is 2. The molecule has 18 heavy (non-hydrogen) atoms. The first-order valence-corrected chi connectivity index (χ1v) is 6.05.